The Balaban J connectivity index is 1.69. The maximum absolute atomic E-state index is 14.5. The number of rotatable bonds is 9. The maximum atomic E-state index is 14.5. The molecule has 0 atom stereocenters. The largest absolute Gasteiger partial charge is 0.508 e. The molecule has 12 heteroatoms. The topological polar surface area (TPSA) is 70.1 Å². The molecule has 3 aromatic rings. The number of anilines is 1. The van der Waals surface area contributed by atoms with E-state index in [1.807, 2.05) is 0 Å². The van der Waals surface area contributed by atoms with Gasteiger partial charge in [0, 0.05) is 6.54 Å². The highest BCUT2D eigenvalue weighted by molar-refractivity contribution is 7.92. The number of nitrogens with zero attached hydrogens (tertiary/aromatic N) is 2. The fourth-order valence-electron chi connectivity index (χ4n) is 4.06. The fraction of sp³-hybridized carbons (Fsp3) is 0.280. The summed E-state index contributed by atoms with van der Waals surface area (Å²) in [6, 6.07) is 10.8. The quantitative estimate of drug-likeness (QED) is 0.235. The Kier molecular flexibility index (Phi) is 7.88. The van der Waals surface area contributed by atoms with E-state index in [0.29, 0.717) is 23.2 Å². The third-order valence-corrected chi connectivity index (χ3v) is 7.75. The monoisotopic (exact) mass is 542 g/mol. The molecule has 0 radical (unpaired) electrons. The normalized spacial score (nSPS) is 14.2. The first-order chi connectivity index (χ1) is 17.6. The Morgan fingerprint density at radius 2 is 1.46 bits per heavy atom. The summed E-state index contributed by atoms with van der Waals surface area (Å²) in [5.41, 5.74) is 0.0672. The van der Waals surface area contributed by atoms with Crippen molar-refractivity contribution in [1.82, 2.24) is 4.90 Å². The summed E-state index contributed by atoms with van der Waals surface area (Å²) in [5.74, 6) is -12.0. The van der Waals surface area contributed by atoms with Crippen molar-refractivity contribution in [1.29, 1.82) is 0 Å². The fourth-order valence-corrected chi connectivity index (χ4v) is 5.64. The molecule has 0 amide bonds. The van der Waals surface area contributed by atoms with Crippen LogP contribution in [0.2, 0.25) is 0 Å². The highest BCUT2D eigenvalue weighted by Crippen LogP contribution is 2.33. The summed E-state index contributed by atoms with van der Waals surface area (Å²) < 4.78 is 103. The Morgan fingerprint density at radius 1 is 0.865 bits per heavy atom. The maximum Gasteiger partial charge on any atom is 0.270 e. The van der Waals surface area contributed by atoms with Gasteiger partial charge in [-0.15, -0.1) is 0 Å². The third-order valence-electron chi connectivity index (χ3n) is 5.95. The molecule has 0 unspecified atom stereocenters. The van der Waals surface area contributed by atoms with E-state index >= 15 is 0 Å². The van der Waals surface area contributed by atoms with Crippen molar-refractivity contribution in [3.05, 3.63) is 83.2 Å². The van der Waals surface area contributed by atoms with E-state index in [1.54, 1.807) is 0 Å². The molecule has 4 rings (SSSR count). The number of hydrogen-bond donors (Lipinski definition) is 1. The molecule has 0 aromatic heterocycles. The van der Waals surface area contributed by atoms with Crippen molar-refractivity contribution in [3.8, 4) is 11.5 Å². The van der Waals surface area contributed by atoms with Gasteiger partial charge in [0.1, 0.15) is 18.1 Å². The van der Waals surface area contributed by atoms with Gasteiger partial charge in [0.15, 0.2) is 28.2 Å². The Bertz CT molecular complexity index is 1350. The molecular weight excluding hydrogens is 519 g/mol. The first kappa shape index (κ1) is 26.7. The van der Waals surface area contributed by atoms with Crippen LogP contribution in [-0.4, -0.2) is 44.7 Å². The Labute approximate surface area is 210 Å². The van der Waals surface area contributed by atoms with Gasteiger partial charge in [-0.05, 0) is 67.9 Å². The lowest BCUT2D eigenvalue weighted by Crippen LogP contribution is -2.32. The molecule has 198 valence electrons. The highest BCUT2D eigenvalue weighted by atomic mass is 32.2. The van der Waals surface area contributed by atoms with Crippen molar-refractivity contribution < 1.29 is 40.2 Å². The van der Waals surface area contributed by atoms with Crippen LogP contribution in [0.15, 0.2) is 53.4 Å². The van der Waals surface area contributed by atoms with Gasteiger partial charge in [-0.1, -0.05) is 12.1 Å². The van der Waals surface area contributed by atoms with Crippen LogP contribution < -0.4 is 9.04 Å². The van der Waals surface area contributed by atoms with Crippen LogP contribution in [-0.2, 0) is 16.6 Å². The van der Waals surface area contributed by atoms with Crippen LogP contribution in [0, 0.1) is 29.1 Å². The van der Waals surface area contributed by atoms with Crippen molar-refractivity contribution in [2.45, 2.75) is 24.3 Å². The molecule has 1 aliphatic rings. The summed E-state index contributed by atoms with van der Waals surface area (Å²) in [7, 11) is -5.32. The first-order valence-corrected chi connectivity index (χ1v) is 12.8. The van der Waals surface area contributed by atoms with E-state index < -0.39 is 50.5 Å². The van der Waals surface area contributed by atoms with Gasteiger partial charge in [-0.3, -0.25) is 9.21 Å². The minimum absolute atomic E-state index is 0.126. The van der Waals surface area contributed by atoms with Crippen LogP contribution in [0.3, 0.4) is 0 Å². The van der Waals surface area contributed by atoms with Crippen LogP contribution >= 0.6 is 0 Å². The number of halogens is 5. The smallest absolute Gasteiger partial charge is 0.270 e. The number of phenolic OH excluding ortho intramolecular Hbond substituents is 1. The molecule has 6 nitrogen and oxygen atoms in total. The lowest BCUT2D eigenvalue weighted by molar-refractivity contribution is 0.238. The SMILES string of the molecule is O=S(=O)(c1c(F)c(F)c(F)c(F)c1F)N(Cc1cccc(O)c1)c1ccc(OCCN2CCCC2)cc1. The van der Waals surface area contributed by atoms with Gasteiger partial charge in [0.05, 0.1) is 12.2 Å². The molecule has 1 aliphatic heterocycles. The van der Waals surface area contributed by atoms with Gasteiger partial charge in [-0.25, -0.2) is 30.4 Å². The lowest BCUT2D eigenvalue weighted by Gasteiger charge is -2.25. The number of ether oxygens (including phenoxy) is 1. The summed E-state index contributed by atoms with van der Waals surface area (Å²) in [5, 5.41) is 9.76. The van der Waals surface area contributed by atoms with Gasteiger partial charge in [-0.2, -0.15) is 0 Å². The van der Waals surface area contributed by atoms with Crippen LogP contribution in [0.4, 0.5) is 27.6 Å². The molecule has 1 N–H and O–H groups in total. The van der Waals surface area contributed by atoms with E-state index in [9.17, 15) is 35.5 Å². The minimum atomic E-state index is -5.32. The van der Waals surface area contributed by atoms with Crippen LogP contribution in [0.1, 0.15) is 18.4 Å². The van der Waals surface area contributed by atoms with Crippen molar-refractivity contribution in [2.75, 3.05) is 30.5 Å². The number of phenols is 1. The van der Waals surface area contributed by atoms with Gasteiger partial charge in [0.2, 0.25) is 5.82 Å². The van der Waals surface area contributed by atoms with Crippen LogP contribution in [0.5, 0.6) is 11.5 Å². The van der Waals surface area contributed by atoms with Crippen molar-refractivity contribution in [3.63, 3.8) is 0 Å². The van der Waals surface area contributed by atoms with Gasteiger partial charge >= 0.3 is 0 Å². The van der Waals surface area contributed by atoms with Crippen LogP contribution in [0.25, 0.3) is 0 Å². The summed E-state index contributed by atoms with van der Waals surface area (Å²) in [6.07, 6.45) is 2.25. The number of aromatic hydroxyl groups is 1. The molecule has 37 heavy (non-hydrogen) atoms. The van der Waals surface area contributed by atoms with E-state index in [-0.39, 0.29) is 17.0 Å². The van der Waals surface area contributed by atoms with Crippen molar-refractivity contribution in [2.24, 2.45) is 0 Å². The molecule has 1 fully saturated rings. The summed E-state index contributed by atoms with van der Waals surface area (Å²) in [4.78, 5) is 0.261. The second kappa shape index (κ2) is 10.9. The van der Waals surface area contributed by atoms with E-state index in [4.69, 9.17) is 4.74 Å². The highest BCUT2D eigenvalue weighted by Gasteiger charge is 2.37. The third kappa shape index (κ3) is 5.64. The van der Waals surface area contributed by atoms with E-state index in [0.717, 1.165) is 25.9 Å². The molecule has 3 aromatic carbocycles. The number of likely N-dealkylation sites (tertiary alicyclic amines) is 1. The molecule has 0 aliphatic carbocycles. The zero-order valence-corrected chi connectivity index (χ0v) is 20.2. The standard InChI is InChI=1S/C25H23F5N2O4S/c26-20-21(27)23(29)25(24(30)22(20)28)37(34,35)32(15-16-4-3-5-18(33)14-16)17-6-8-19(9-7-17)36-13-12-31-10-1-2-11-31/h3-9,14,33H,1-2,10-13,15H2. The second-order valence-electron chi connectivity index (χ2n) is 8.47. The minimum Gasteiger partial charge on any atom is -0.508 e. The lowest BCUT2D eigenvalue weighted by atomic mass is 10.2. The van der Waals surface area contributed by atoms with Crippen molar-refractivity contribution >= 4 is 15.7 Å². The molecular formula is C25H23F5N2O4S. The zero-order valence-electron chi connectivity index (χ0n) is 19.4. The predicted octanol–water partition coefficient (Wildman–Crippen LogP) is 4.96. The molecule has 1 saturated heterocycles. The number of sulfonamides is 1. The zero-order chi connectivity index (χ0) is 26.7. The van der Waals surface area contributed by atoms with Gasteiger partial charge < -0.3 is 9.84 Å². The second-order valence-corrected chi connectivity index (χ2v) is 10.3. The van der Waals surface area contributed by atoms with E-state index in [2.05, 4.69) is 4.90 Å². The molecule has 1 heterocycles. The Hall–Kier alpha value is -3.38. The average Bonchev–Trinajstić information content (AvgIpc) is 3.39. The molecule has 0 spiro atoms. The average molecular weight is 543 g/mol. The summed E-state index contributed by atoms with van der Waals surface area (Å²) >= 11 is 0. The molecule has 0 bridgehead atoms. The molecule has 0 saturated carbocycles. The van der Waals surface area contributed by atoms with Gasteiger partial charge in [0.25, 0.3) is 10.0 Å². The first-order valence-electron chi connectivity index (χ1n) is 11.4. The number of hydrogen-bond acceptors (Lipinski definition) is 5. The number of benzene rings is 3. The predicted molar refractivity (Wildman–Crippen MR) is 125 cm³/mol. The summed E-state index contributed by atoms with van der Waals surface area (Å²) in [6.45, 7) is 2.49. The Morgan fingerprint density at radius 3 is 2.05 bits per heavy atom. The van der Waals surface area contributed by atoms with E-state index in [1.165, 1.54) is 48.5 Å².